The number of hydrogen-bond acceptors (Lipinski definition) is 5. The van der Waals surface area contributed by atoms with E-state index in [0.717, 1.165) is 66.4 Å². The summed E-state index contributed by atoms with van der Waals surface area (Å²) in [5, 5.41) is 19.2. The minimum absolute atomic E-state index is 0.819. The van der Waals surface area contributed by atoms with Crippen molar-refractivity contribution in [2.24, 2.45) is 0 Å². The summed E-state index contributed by atoms with van der Waals surface area (Å²) < 4.78 is 0. The summed E-state index contributed by atoms with van der Waals surface area (Å²) in [5.41, 5.74) is 8.34. The topological polar surface area (TPSA) is 64.5 Å². The number of fused-ring (bicyclic) bond motifs is 9. The largest absolute Gasteiger partial charge is 0.254 e. The molecule has 6 aromatic carbocycles. The Morgan fingerprint density at radius 1 is 0.375 bits per heavy atom. The van der Waals surface area contributed by atoms with Gasteiger partial charge in [-0.25, -0.2) is 4.98 Å². The summed E-state index contributed by atoms with van der Waals surface area (Å²) in [6, 6.07) is 47.1. The van der Waals surface area contributed by atoms with Gasteiger partial charge in [-0.2, -0.15) is 5.10 Å². The molecule has 0 aliphatic rings. The number of pyridine rings is 3. The van der Waals surface area contributed by atoms with Gasteiger partial charge in [0.15, 0.2) is 0 Å². The average Bonchev–Trinajstić information content (AvgIpc) is 3.16. The molecule has 222 valence electrons. The molecule has 0 saturated heterocycles. The van der Waals surface area contributed by atoms with E-state index < -0.39 is 0 Å². The third-order valence-electron chi connectivity index (χ3n) is 9.44. The lowest BCUT2D eigenvalue weighted by molar-refractivity contribution is 1.08. The maximum Gasteiger partial charge on any atom is 0.102 e. The SMILES string of the molecule is c1cc(-c2cc(-c3cc4c5ccccc5ccc4c4ccccc34)cc(-c3cnc4c(ccc5cccnc54)c3)n2)c2nnccc2c1. The lowest BCUT2D eigenvalue weighted by atomic mass is 9.90. The molecular formula is C43H25N5. The monoisotopic (exact) mass is 611 g/mol. The molecule has 0 spiro atoms. The molecule has 5 heteroatoms. The standard InChI is InChI=1S/C43H25N5/c1-2-10-32-26(7-1)16-17-35-33-11-3-4-12-34(33)37(24-38(32)35)30-22-39(47-40(23-30)36-13-5-8-28-18-20-46-48-41(28)36)31-21-29-15-14-27-9-6-19-44-42(27)43(29)45-25-31/h1-25H. The molecule has 0 aliphatic carbocycles. The lowest BCUT2D eigenvalue weighted by Crippen LogP contribution is -1.95. The molecule has 0 aliphatic heterocycles. The van der Waals surface area contributed by atoms with E-state index in [4.69, 9.17) is 9.97 Å². The Morgan fingerprint density at radius 2 is 1.10 bits per heavy atom. The molecule has 4 aromatic heterocycles. The first-order valence-electron chi connectivity index (χ1n) is 16.0. The number of nitrogens with zero attached hydrogens (tertiary/aromatic N) is 5. The maximum atomic E-state index is 5.29. The van der Waals surface area contributed by atoms with Crippen LogP contribution >= 0.6 is 0 Å². The molecular weight excluding hydrogens is 587 g/mol. The van der Waals surface area contributed by atoms with Gasteiger partial charge < -0.3 is 0 Å². The van der Waals surface area contributed by atoms with Crippen LogP contribution < -0.4 is 0 Å². The van der Waals surface area contributed by atoms with Gasteiger partial charge in [0, 0.05) is 39.7 Å². The fourth-order valence-electron chi connectivity index (χ4n) is 7.17. The van der Waals surface area contributed by atoms with Gasteiger partial charge >= 0.3 is 0 Å². The fourth-order valence-corrected chi connectivity index (χ4v) is 7.17. The van der Waals surface area contributed by atoms with Gasteiger partial charge in [-0.1, -0.05) is 97.1 Å². The zero-order chi connectivity index (χ0) is 31.6. The van der Waals surface area contributed by atoms with Crippen molar-refractivity contribution in [3.8, 4) is 33.6 Å². The van der Waals surface area contributed by atoms with E-state index in [2.05, 4.69) is 137 Å². The first-order valence-corrected chi connectivity index (χ1v) is 16.0. The second-order valence-corrected chi connectivity index (χ2v) is 12.2. The summed E-state index contributed by atoms with van der Waals surface area (Å²) in [7, 11) is 0. The molecule has 0 unspecified atom stereocenters. The van der Waals surface area contributed by atoms with Gasteiger partial charge in [-0.05, 0) is 79.8 Å². The van der Waals surface area contributed by atoms with Gasteiger partial charge in [0.2, 0.25) is 0 Å². The number of benzene rings is 6. The zero-order valence-corrected chi connectivity index (χ0v) is 25.7. The molecule has 48 heavy (non-hydrogen) atoms. The predicted octanol–water partition coefficient (Wildman–Crippen LogP) is 10.6. The highest BCUT2D eigenvalue weighted by Crippen LogP contribution is 2.40. The lowest BCUT2D eigenvalue weighted by Gasteiger charge is -2.15. The minimum atomic E-state index is 0.819. The highest BCUT2D eigenvalue weighted by molar-refractivity contribution is 6.21. The summed E-state index contributed by atoms with van der Waals surface area (Å²) in [4.78, 5) is 14.9. The molecule has 4 heterocycles. The van der Waals surface area contributed by atoms with Crippen LogP contribution in [0.25, 0.3) is 98.7 Å². The second-order valence-electron chi connectivity index (χ2n) is 12.2. The molecule has 10 aromatic rings. The molecule has 0 amide bonds. The van der Waals surface area contributed by atoms with Gasteiger partial charge in [0.05, 0.1) is 28.6 Å². The van der Waals surface area contributed by atoms with Crippen LogP contribution in [0.2, 0.25) is 0 Å². The van der Waals surface area contributed by atoms with Gasteiger partial charge in [0.25, 0.3) is 0 Å². The first-order chi connectivity index (χ1) is 23.8. The van der Waals surface area contributed by atoms with Crippen molar-refractivity contribution in [2.75, 3.05) is 0 Å². The van der Waals surface area contributed by atoms with Crippen molar-refractivity contribution < 1.29 is 0 Å². The summed E-state index contributed by atoms with van der Waals surface area (Å²) in [6.45, 7) is 0. The van der Waals surface area contributed by atoms with Gasteiger partial charge in [0.1, 0.15) is 5.52 Å². The Labute approximate surface area is 275 Å². The van der Waals surface area contributed by atoms with Crippen LogP contribution in [0.3, 0.4) is 0 Å². The van der Waals surface area contributed by atoms with Crippen LogP contribution in [-0.4, -0.2) is 25.1 Å². The number of rotatable bonds is 3. The fraction of sp³-hybridized carbons (Fsp3) is 0. The zero-order valence-electron chi connectivity index (χ0n) is 25.7. The summed E-state index contributed by atoms with van der Waals surface area (Å²) >= 11 is 0. The molecule has 0 N–H and O–H groups in total. The van der Waals surface area contributed by atoms with Crippen LogP contribution in [0.4, 0.5) is 0 Å². The van der Waals surface area contributed by atoms with Crippen molar-refractivity contribution in [1.82, 2.24) is 25.1 Å². The molecule has 5 nitrogen and oxygen atoms in total. The molecule has 10 rings (SSSR count). The third-order valence-corrected chi connectivity index (χ3v) is 9.44. The quantitative estimate of drug-likeness (QED) is 0.186. The molecule has 0 saturated carbocycles. The van der Waals surface area contributed by atoms with E-state index in [1.807, 2.05) is 24.5 Å². The Kier molecular flexibility index (Phi) is 5.81. The number of hydrogen-bond donors (Lipinski definition) is 0. The number of aromatic nitrogens is 5. The highest BCUT2D eigenvalue weighted by Gasteiger charge is 2.17. The van der Waals surface area contributed by atoms with Crippen LogP contribution in [0.15, 0.2) is 152 Å². The average molecular weight is 612 g/mol. The molecule has 0 fully saturated rings. The van der Waals surface area contributed by atoms with E-state index in [1.165, 1.54) is 32.3 Å². The summed E-state index contributed by atoms with van der Waals surface area (Å²) in [6.07, 6.45) is 5.46. The summed E-state index contributed by atoms with van der Waals surface area (Å²) in [5.74, 6) is 0. The highest BCUT2D eigenvalue weighted by atomic mass is 15.1. The van der Waals surface area contributed by atoms with Crippen molar-refractivity contribution >= 4 is 65.0 Å². The first kappa shape index (κ1) is 26.6. The Bertz CT molecular complexity index is 2910. The van der Waals surface area contributed by atoms with E-state index in [0.29, 0.717) is 0 Å². The molecule has 0 bridgehead atoms. The predicted molar refractivity (Wildman–Crippen MR) is 197 cm³/mol. The Morgan fingerprint density at radius 3 is 2.06 bits per heavy atom. The third kappa shape index (κ3) is 4.15. The van der Waals surface area contributed by atoms with Crippen LogP contribution in [0.5, 0.6) is 0 Å². The van der Waals surface area contributed by atoms with Gasteiger partial charge in [-0.3, -0.25) is 9.97 Å². The van der Waals surface area contributed by atoms with Crippen LogP contribution in [-0.2, 0) is 0 Å². The van der Waals surface area contributed by atoms with Gasteiger partial charge in [-0.15, -0.1) is 5.10 Å². The molecule has 0 radical (unpaired) electrons. The van der Waals surface area contributed by atoms with E-state index in [-0.39, 0.29) is 0 Å². The van der Waals surface area contributed by atoms with Crippen molar-refractivity contribution in [3.63, 3.8) is 0 Å². The van der Waals surface area contributed by atoms with E-state index in [1.54, 1.807) is 6.20 Å². The van der Waals surface area contributed by atoms with Crippen LogP contribution in [0.1, 0.15) is 0 Å². The maximum absolute atomic E-state index is 5.29. The Hall–Kier alpha value is -6.59. The van der Waals surface area contributed by atoms with Crippen LogP contribution in [0, 0.1) is 0 Å². The van der Waals surface area contributed by atoms with E-state index >= 15 is 0 Å². The van der Waals surface area contributed by atoms with E-state index in [9.17, 15) is 0 Å². The normalized spacial score (nSPS) is 11.8. The smallest absolute Gasteiger partial charge is 0.102 e. The van der Waals surface area contributed by atoms with Crippen molar-refractivity contribution in [1.29, 1.82) is 0 Å². The Balaban J connectivity index is 1.28. The molecule has 0 atom stereocenters. The van der Waals surface area contributed by atoms with Crippen molar-refractivity contribution in [3.05, 3.63) is 152 Å². The minimum Gasteiger partial charge on any atom is -0.254 e. The second kappa shape index (κ2) is 10.5. The van der Waals surface area contributed by atoms with Crippen molar-refractivity contribution in [2.45, 2.75) is 0 Å².